The lowest BCUT2D eigenvalue weighted by Gasteiger charge is -2.24. The number of hydrogen-bond donors (Lipinski definition) is 1. The van der Waals surface area contributed by atoms with Gasteiger partial charge in [0, 0.05) is 31.8 Å². The molecule has 1 unspecified atom stereocenters. The van der Waals surface area contributed by atoms with Crippen LogP contribution in [0.4, 0.5) is 0 Å². The number of likely N-dealkylation sites (tertiary alicyclic amines) is 1. The molecule has 2 heterocycles. The van der Waals surface area contributed by atoms with Crippen LogP contribution in [0.3, 0.4) is 0 Å². The van der Waals surface area contributed by atoms with Crippen LogP contribution in [0.1, 0.15) is 63.9 Å². The van der Waals surface area contributed by atoms with Gasteiger partial charge < -0.3 is 15.0 Å². The van der Waals surface area contributed by atoms with E-state index in [4.69, 9.17) is 4.74 Å². The summed E-state index contributed by atoms with van der Waals surface area (Å²) in [5, 5.41) is 2.97. The van der Waals surface area contributed by atoms with Crippen LogP contribution >= 0.6 is 0 Å². The summed E-state index contributed by atoms with van der Waals surface area (Å²) in [4.78, 5) is 30.7. The van der Waals surface area contributed by atoms with E-state index in [9.17, 15) is 9.59 Å². The number of nitrogens with zero attached hydrogens (tertiary/aromatic N) is 2. The van der Waals surface area contributed by atoms with Gasteiger partial charge in [0.25, 0.3) is 0 Å². The van der Waals surface area contributed by atoms with Crippen molar-refractivity contribution in [1.29, 1.82) is 0 Å². The maximum absolute atomic E-state index is 12.5. The predicted octanol–water partition coefficient (Wildman–Crippen LogP) is 2.81. The molecular formula is C20H29N3O3. The number of hydrogen-bond acceptors (Lipinski definition) is 4. The van der Waals surface area contributed by atoms with Crippen molar-refractivity contribution in [1.82, 2.24) is 15.2 Å². The molecule has 2 fully saturated rings. The molecule has 2 aliphatic rings. The van der Waals surface area contributed by atoms with Crippen LogP contribution in [0.25, 0.3) is 0 Å². The second kappa shape index (κ2) is 9.01. The van der Waals surface area contributed by atoms with Crippen LogP contribution in [0.2, 0.25) is 0 Å². The Hall–Kier alpha value is -2.11. The smallest absolute Gasteiger partial charge is 0.243 e. The van der Waals surface area contributed by atoms with Gasteiger partial charge in [-0.25, -0.2) is 4.98 Å². The number of carbonyl (C=O) groups excluding carboxylic acids is 2. The van der Waals surface area contributed by atoms with Crippen molar-refractivity contribution >= 4 is 11.8 Å². The minimum Gasteiger partial charge on any atom is -0.474 e. The van der Waals surface area contributed by atoms with Crippen molar-refractivity contribution < 1.29 is 14.3 Å². The highest BCUT2D eigenvalue weighted by Gasteiger charge is 2.33. The van der Waals surface area contributed by atoms with Crippen molar-refractivity contribution in [2.24, 2.45) is 0 Å². The zero-order chi connectivity index (χ0) is 18.4. The first-order chi connectivity index (χ1) is 12.7. The molecule has 1 aliphatic carbocycles. The minimum absolute atomic E-state index is 0.0676. The van der Waals surface area contributed by atoms with Gasteiger partial charge in [-0.3, -0.25) is 9.59 Å². The van der Waals surface area contributed by atoms with Gasteiger partial charge in [-0.05, 0) is 56.6 Å². The Morgan fingerprint density at radius 3 is 2.85 bits per heavy atom. The Morgan fingerprint density at radius 2 is 2.08 bits per heavy atom. The molecule has 2 amide bonds. The molecule has 1 aromatic heterocycles. The molecule has 1 aromatic rings. The standard InChI is InChI=1S/C20H29N3O3/c1-2-6-19(24)23-12-5-9-17(23)20(25)22-14-15-10-11-21-18(13-15)26-16-7-3-4-8-16/h10-11,13,16-17H,2-9,12,14H2,1H3,(H,22,25). The first-order valence-electron chi connectivity index (χ1n) is 9.86. The summed E-state index contributed by atoms with van der Waals surface area (Å²) in [6.45, 7) is 3.10. The topological polar surface area (TPSA) is 71.5 Å². The van der Waals surface area contributed by atoms with Gasteiger partial charge in [0.05, 0.1) is 0 Å². The van der Waals surface area contributed by atoms with Gasteiger partial charge in [0.1, 0.15) is 12.1 Å². The van der Waals surface area contributed by atoms with Crippen molar-refractivity contribution in [3.05, 3.63) is 23.9 Å². The minimum atomic E-state index is -0.329. The number of ether oxygens (including phenoxy) is 1. The summed E-state index contributed by atoms with van der Waals surface area (Å²) in [5.41, 5.74) is 0.964. The highest BCUT2D eigenvalue weighted by molar-refractivity contribution is 5.88. The number of aromatic nitrogens is 1. The highest BCUT2D eigenvalue weighted by Crippen LogP contribution is 2.23. The zero-order valence-electron chi connectivity index (χ0n) is 15.6. The number of rotatable bonds is 7. The fourth-order valence-corrected chi connectivity index (χ4v) is 3.80. The van der Waals surface area contributed by atoms with E-state index in [1.54, 1.807) is 11.1 Å². The Kier molecular flexibility index (Phi) is 6.47. The number of nitrogens with one attached hydrogen (secondary N) is 1. The number of amides is 2. The number of carbonyl (C=O) groups is 2. The molecule has 1 aliphatic heterocycles. The molecule has 142 valence electrons. The Morgan fingerprint density at radius 1 is 1.27 bits per heavy atom. The Balaban J connectivity index is 1.53. The quantitative estimate of drug-likeness (QED) is 0.813. The van der Waals surface area contributed by atoms with Crippen molar-refractivity contribution in [3.8, 4) is 5.88 Å². The third-order valence-electron chi connectivity index (χ3n) is 5.20. The van der Waals surface area contributed by atoms with Crippen LogP contribution in [-0.4, -0.2) is 40.4 Å². The fourth-order valence-electron chi connectivity index (χ4n) is 3.80. The largest absolute Gasteiger partial charge is 0.474 e. The van der Waals surface area contributed by atoms with Gasteiger partial charge in [0.2, 0.25) is 17.7 Å². The lowest BCUT2D eigenvalue weighted by molar-refractivity contribution is -0.138. The number of pyridine rings is 1. The van der Waals surface area contributed by atoms with E-state index < -0.39 is 0 Å². The molecule has 1 saturated heterocycles. The van der Waals surface area contributed by atoms with Crippen LogP contribution in [-0.2, 0) is 16.1 Å². The van der Waals surface area contributed by atoms with E-state index in [1.807, 2.05) is 19.1 Å². The summed E-state index contributed by atoms with van der Waals surface area (Å²) in [7, 11) is 0. The molecule has 0 radical (unpaired) electrons. The normalized spacial score (nSPS) is 20.3. The molecule has 0 spiro atoms. The monoisotopic (exact) mass is 359 g/mol. The zero-order valence-corrected chi connectivity index (χ0v) is 15.6. The maximum Gasteiger partial charge on any atom is 0.243 e. The molecule has 6 heteroatoms. The summed E-state index contributed by atoms with van der Waals surface area (Å²) < 4.78 is 5.92. The molecule has 0 bridgehead atoms. The maximum atomic E-state index is 12.5. The summed E-state index contributed by atoms with van der Waals surface area (Å²) >= 11 is 0. The Labute approximate surface area is 155 Å². The van der Waals surface area contributed by atoms with Crippen molar-refractivity contribution in [2.75, 3.05) is 6.54 Å². The molecule has 3 rings (SSSR count). The lowest BCUT2D eigenvalue weighted by Crippen LogP contribution is -2.45. The summed E-state index contributed by atoms with van der Waals surface area (Å²) in [6.07, 6.45) is 9.56. The second-order valence-corrected chi connectivity index (χ2v) is 7.24. The molecule has 26 heavy (non-hydrogen) atoms. The fraction of sp³-hybridized carbons (Fsp3) is 0.650. The van der Waals surface area contributed by atoms with E-state index in [0.717, 1.165) is 37.7 Å². The van der Waals surface area contributed by atoms with Gasteiger partial charge in [-0.2, -0.15) is 0 Å². The van der Waals surface area contributed by atoms with Gasteiger partial charge in [0.15, 0.2) is 0 Å². The highest BCUT2D eigenvalue weighted by atomic mass is 16.5. The van der Waals surface area contributed by atoms with Gasteiger partial charge in [-0.1, -0.05) is 6.92 Å². The van der Waals surface area contributed by atoms with Crippen molar-refractivity contribution in [3.63, 3.8) is 0 Å². The molecule has 1 saturated carbocycles. The molecule has 1 N–H and O–H groups in total. The third-order valence-corrected chi connectivity index (χ3v) is 5.20. The SMILES string of the molecule is CCCC(=O)N1CCCC1C(=O)NCc1ccnc(OC2CCCC2)c1. The predicted molar refractivity (Wildman–Crippen MR) is 98.6 cm³/mol. The van der Waals surface area contributed by atoms with Crippen LogP contribution in [0.15, 0.2) is 18.3 Å². The van der Waals surface area contributed by atoms with Crippen molar-refractivity contribution in [2.45, 2.75) is 77.0 Å². The Bertz CT molecular complexity index is 628. The summed E-state index contributed by atoms with van der Waals surface area (Å²) in [6, 6.07) is 3.45. The average molecular weight is 359 g/mol. The third kappa shape index (κ3) is 4.74. The van der Waals surface area contributed by atoms with Gasteiger partial charge >= 0.3 is 0 Å². The van der Waals surface area contributed by atoms with E-state index in [1.165, 1.54) is 12.8 Å². The molecule has 0 aromatic carbocycles. The van der Waals surface area contributed by atoms with Crippen LogP contribution < -0.4 is 10.1 Å². The molecule has 6 nitrogen and oxygen atoms in total. The van der Waals surface area contributed by atoms with Crippen LogP contribution in [0, 0.1) is 0 Å². The van der Waals surface area contributed by atoms with E-state index in [2.05, 4.69) is 10.3 Å². The van der Waals surface area contributed by atoms with Gasteiger partial charge in [-0.15, -0.1) is 0 Å². The summed E-state index contributed by atoms with van der Waals surface area (Å²) in [5.74, 6) is 0.646. The molecular weight excluding hydrogens is 330 g/mol. The van der Waals surface area contributed by atoms with E-state index in [-0.39, 0.29) is 24.0 Å². The van der Waals surface area contributed by atoms with E-state index in [0.29, 0.717) is 25.4 Å². The van der Waals surface area contributed by atoms with Crippen LogP contribution in [0.5, 0.6) is 5.88 Å². The first kappa shape index (κ1) is 18.7. The van der Waals surface area contributed by atoms with E-state index >= 15 is 0 Å². The lowest BCUT2D eigenvalue weighted by atomic mass is 10.2. The second-order valence-electron chi connectivity index (χ2n) is 7.24. The molecule has 1 atom stereocenters. The average Bonchev–Trinajstić information content (AvgIpc) is 3.32. The first-order valence-corrected chi connectivity index (χ1v) is 9.86.